The molecule has 0 unspecified atom stereocenters. The highest BCUT2D eigenvalue weighted by atomic mass is 15.2. The van der Waals surface area contributed by atoms with E-state index in [0.29, 0.717) is 6.04 Å². The molecule has 1 heterocycles. The van der Waals surface area contributed by atoms with Gasteiger partial charge in [0.1, 0.15) is 0 Å². The summed E-state index contributed by atoms with van der Waals surface area (Å²) in [5.74, 6) is 0.755. The first kappa shape index (κ1) is 13.4. The molecule has 0 spiro atoms. The highest BCUT2D eigenvalue weighted by Crippen LogP contribution is 2.36. The molecule has 3 nitrogen and oxygen atoms in total. The average Bonchev–Trinajstić information content (AvgIpc) is 2.78. The maximum absolute atomic E-state index is 4.20. The minimum atomic E-state index is 0.692. The van der Waals surface area contributed by atoms with Crippen molar-refractivity contribution >= 4 is 0 Å². The van der Waals surface area contributed by atoms with Crippen molar-refractivity contribution in [3.05, 3.63) is 53.3 Å². The van der Waals surface area contributed by atoms with Gasteiger partial charge in [0.2, 0.25) is 0 Å². The van der Waals surface area contributed by atoms with E-state index in [1.807, 2.05) is 17.9 Å². The Labute approximate surface area is 121 Å². The van der Waals surface area contributed by atoms with E-state index in [1.54, 1.807) is 0 Å². The maximum atomic E-state index is 4.20. The quantitative estimate of drug-likeness (QED) is 0.904. The van der Waals surface area contributed by atoms with Gasteiger partial charge in [-0.25, -0.2) is 0 Å². The van der Waals surface area contributed by atoms with Crippen LogP contribution in [0.2, 0.25) is 0 Å². The van der Waals surface area contributed by atoms with Crippen LogP contribution >= 0.6 is 0 Å². The molecule has 0 saturated heterocycles. The number of aryl methyl sites for hydroxylation is 2. The van der Waals surface area contributed by atoms with E-state index in [4.69, 9.17) is 0 Å². The summed E-state index contributed by atoms with van der Waals surface area (Å²) in [6.45, 7) is 3.22. The molecule has 1 aromatic heterocycles. The van der Waals surface area contributed by atoms with Crippen molar-refractivity contribution in [3.63, 3.8) is 0 Å². The molecule has 3 rings (SSSR count). The van der Waals surface area contributed by atoms with Crippen LogP contribution in [0, 0.1) is 6.92 Å². The molecule has 0 aliphatic heterocycles. The van der Waals surface area contributed by atoms with Gasteiger partial charge < -0.3 is 5.32 Å². The van der Waals surface area contributed by atoms with Gasteiger partial charge in [0.05, 0.1) is 6.20 Å². The SMILES string of the molecule is Cc1cccc(C2CC(NCCc3cnn(C)c3)C2)c1. The average molecular weight is 269 g/mol. The predicted octanol–water partition coefficient (Wildman–Crippen LogP) is 2.81. The molecule has 106 valence electrons. The number of nitrogens with one attached hydrogen (secondary N) is 1. The fourth-order valence-electron chi connectivity index (χ4n) is 3.00. The Morgan fingerprint density at radius 1 is 1.35 bits per heavy atom. The normalized spacial score (nSPS) is 21.7. The van der Waals surface area contributed by atoms with Crippen LogP contribution < -0.4 is 5.32 Å². The zero-order valence-electron chi connectivity index (χ0n) is 12.3. The van der Waals surface area contributed by atoms with Gasteiger partial charge in [0.25, 0.3) is 0 Å². The summed E-state index contributed by atoms with van der Waals surface area (Å²) < 4.78 is 1.87. The standard InChI is InChI=1S/C17H23N3/c1-13-4-3-5-15(8-13)16-9-17(10-16)18-7-6-14-11-19-20(2)12-14/h3-5,8,11-12,16-18H,6-7,9-10H2,1-2H3. The van der Waals surface area contributed by atoms with Crippen LogP contribution in [-0.2, 0) is 13.5 Å². The fraction of sp³-hybridized carbons (Fsp3) is 0.471. The lowest BCUT2D eigenvalue weighted by Gasteiger charge is -2.36. The highest BCUT2D eigenvalue weighted by Gasteiger charge is 2.29. The molecule has 20 heavy (non-hydrogen) atoms. The predicted molar refractivity (Wildman–Crippen MR) is 81.9 cm³/mol. The molecule has 1 N–H and O–H groups in total. The minimum absolute atomic E-state index is 0.692. The Hall–Kier alpha value is -1.61. The lowest BCUT2D eigenvalue weighted by Crippen LogP contribution is -2.40. The first-order valence-corrected chi connectivity index (χ1v) is 7.48. The van der Waals surface area contributed by atoms with E-state index >= 15 is 0 Å². The van der Waals surface area contributed by atoms with Gasteiger partial charge in [-0.15, -0.1) is 0 Å². The van der Waals surface area contributed by atoms with Gasteiger partial charge in [0, 0.05) is 19.3 Å². The smallest absolute Gasteiger partial charge is 0.0522 e. The van der Waals surface area contributed by atoms with E-state index in [-0.39, 0.29) is 0 Å². The molecular weight excluding hydrogens is 246 g/mol. The van der Waals surface area contributed by atoms with Gasteiger partial charge in [-0.05, 0) is 49.8 Å². The van der Waals surface area contributed by atoms with Crippen molar-refractivity contribution in [2.45, 2.75) is 38.1 Å². The second kappa shape index (κ2) is 5.80. The van der Waals surface area contributed by atoms with Crippen LogP contribution in [-0.4, -0.2) is 22.4 Å². The van der Waals surface area contributed by atoms with E-state index in [0.717, 1.165) is 18.9 Å². The topological polar surface area (TPSA) is 29.9 Å². The monoisotopic (exact) mass is 269 g/mol. The summed E-state index contributed by atoms with van der Waals surface area (Å²) in [5, 5.41) is 7.85. The van der Waals surface area contributed by atoms with E-state index < -0.39 is 0 Å². The number of benzene rings is 1. The van der Waals surface area contributed by atoms with Gasteiger partial charge in [-0.1, -0.05) is 29.8 Å². The van der Waals surface area contributed by atoms with Crippen LogP contribution in [0.1, 0.15) is 35.4 Å². The molecule has 0 bridgehead atoms. The lowest BCUT2D eigenvalue weighted by molar-refractivity contribution is 0.292. The van der Waals surface area contributed by atoms with Crippen LogP contribution in [0.15, 0.2) is 36.7 Å². The van der Waals surface area contributed by atoms with Crippen molar-refractivity contribution in [2.75, 3.05) is 6.54 Å². The Bertz CT molecular complexity index is 567. The zero-order valence-corrected chi connectivity index (χ0v) is 12.3. The summed E-state index contributed by atoms with van der Waals surface area (Å²) in [5.41, 5.74) is 4.19. The summed E-state index contributed by atoms with van der Waals surface area (Å²) in [6.07, 6.45) is 7.67. The van der Waals surface area contributed by atoms with Crippen molar-refractivity contribution < 1.29 is 0 Å². The third kappa shape index (κ3) is 3.10. The Balaban J connectivity index is 1.40. The second-order valence-electron chi connectivity index (χ2n) is 6.01. The first-order valence-electron chi connectivity index (χ1n) is 7.48. The van der Waals surface area contributed by atoms with Crippen LogP contribution in [0.25, 0.3) is 0 Å². The van der Waals surface area contributed by atoms with E-state index in [9.17, 15) is 0 Å². The highest BCUT2D eigenvalue weighted by molar-refractivity contribution is 5.27. The molecule has 2 aromatic rings. The maximum Gasteiger partial charge on any atom is 0.0522 e. The number of nitrogens with zero attached hydrogens (tertiary/aromatic N) is 2. The molecule has 1 saturated carbocycles. The zero-order chi connectivity index (χ0) is 13.9. The van der Waals surface area contributed by atoms with E-state index in [1.165, 1.54) is 29.5 Å². The molecule has 1 aromatic carbocycles. The number of rotatable bonds is 5. The molecule has 0 radical (unpaired) electrons. The van der Waals surface area contributed by atoms with Gasteiger partial charge in [-0.3, -0.25) is 4.68 Å². The van der Waals surface area contributed by atoms with Gasteiger partial charge in [0.15, 0.2) is 0 Å². The van der Waals surface area contributed by atoms with Crippen molar-refractivity contribution in [1.82, 2.24) is 15.1 Å². The fourth-order valence-corrected chi connectivity index (χ4v) is 3.00. The molecule has 0 atom stereocenters. The summed E-state index contributed by atoms with van der Waals surface area (Å²) in [4.78, 5) is 0. The van der Waals surface area contributed by atoms with Crippen molar-refractivity contribution in [3.8, 4) is 0 Å². The van der Waals surface area contributed by atoms with Crippen molar-refractivity contribution in [2.24, 2.45) is 7.05 Å². The summed E-state index contributed by atoms with van der Waals surface area (Å²) >= 11 is 0. The molecule has 3 heteroatoms. The summed E-state index contributed by atoms with van der Waals surface area (Å²) in [6, 6.07) is 9.64. The first-order chi connectivity index (χ1) is 9.70. The van der Waals surface area contributed by atoms with E-state index in [2.05, 4.69) is 47.8 Å². The van der Waals surface area contributed by atoms with Crippen LogP contribution in [0.4, 0.5) is 0 Å². The largest absolute Gasteiger partial charge is 0.314 e. The Morgan fingerprint density at radius 2 is 2.20 bits per heavy atom. The number of hydrogen-bond donors (Lipinski definition) is 1. The molecular formula is C17H23N3. The third-order valence-corrected chi connectivity index (χ3v) is 4.26. The second-order valence-corrected chi connectivity index (χ2v) is 6.01. The number of hydrogen-bond acceptors (Lipinski definition) is 2. The Morgan fingerprint density at radius 3 is 2.90 bits per heavy atom. The van der Waals surface area contributed by atoms with Crippen LogP contribution in [0.3, 0.4) is 0 Å². The summed E-state index contributed by atoms with van der Waals surface area (Å²) in [7, 11) is 1.97. The Kier molecular flexibility index (Phi) is 3.88. The van der Waals surface area contributed by atoms with Crippen molar-refractivity contribution in [1.29, 1.82) is 0 Å². The molecule has 1 aliphatic carbocycles. The van der Waals surface area contributed by atoms with Crippen LogP contribution in [0.5, 0.6) is 0 Å². The molecule has 0 amide bonds. The third-order valence-electron chi connectivity index (χ3n) is 4.26. The minimum Gasteiger partial charge on any atom is -0.314 e. The lowest BCUT2D eigenvalue weighted by atomic mass is 9.75. The molecule has 1 fully saturated rings. The number of aromatic nitrogens is 2. The van der Waals surface area contributed by atoms with Gasteiger partial charge in [-0.2, -0.15) is 5.10 Å². The van der Waals surface area contributed by atoms with Gasteiger partial charge >= 0.3 is 0 Å². The molecule has 1 aliphatic rings.